The molecule has 1 unspecified atom stereocenters. The molecule has 21 heavy (non-hydrogen) atoms. The van der Waals surface area contributed by atoms with E-state index in [-0.39, 0.29) is 6.61 Å². The quantitative estimate of drug-likeness (QED) is 0.663. The lowest BCUT2D eigenvalue weighted by atomic mass is 9.89. The number of hydrogen-bond acceptors (Lipinski definition) is 5. The van der Waals surface area contributed by atoms with Gasteiger partial charge < -0.3 is 25.2 Å². The zero-order valence-electron chi connectivity index (χ0n) is 13.2. The molecule has 118 valence electrons. The fourth-order valence-corrected chi connectivity index (χ4v) is 3.08. The fraction of sp³-hybridized carbons (Fsp3) is 0.625. The van der Waals surface area contributed by atoms with Crippen LogP contribution in [-0.4, -0.2) is 39.0 Å². The first-order chi connectivity index (χ1) is 10.3. The van der Waals surface area contributed by atoms with Crippen LogP contribution in [0.4, 0.5) is 0 Å². The van der Waals surface area contributed by atoms with Crippen molar-refractivity contribution in [2.24, 2.45) is 0 Å². The van der Waals surface area contributed by atoms with Crippen LogP contribution in [0.1, 0.15) is 36.1 Å². The molecule has 0 fully saturated rings. The molecule has 0 amide bonds. The first-order valence-corrected chi connectivity index (χ1v) is 7.58. The number of hydrogen-bond donors (Lipinski definition) is 3. The third-order valence-corrected chi connectivity index (χ3v) is 4.01. The van der Waals surface area contributed by atoms with E-state index in [1.807, 2.05) is 0 Å². The van der Waals surface area contributed by atoms with E-state index in [9.17, 15) is 0 Å². The van der Waals surface area contributed by atoms with Crippen molar-refractivity contribution in [2.45, 2.75) is 32.4 Å². The average molecular weight is 294 g/mol. The summed E-state index contributed by atoms with van der Waals surface area (Å²) in [4.78, 5) is 0. The molecule has 2 rings (SSSR count). The molecular weight excluding hydrogens is 268 g/mol. The molecule has 1 aliphatic rings. The van der Waals surface area contributed by atoms with Crippen LogP contribution >= 0.6 is 0 Å². The number of benzene rings is 1. The molecule has 1 aromatic carbocycles. The summed E-state index contributed by atoms with van der Waals surface area (Å²) in [6.45, 7) is 4.50. The molecular formula is C16H26N2O3. The lowest BCUT2D eigenvalue weighted by Gasteiger charge is -2.30. The van der Waals surface area contributed by atoms with Gasteiger partial charge in [-0.2, -0.15) is 0 Å². The van der Waals surface area contributed by atoms with Gasteiger partial charge in [0, 0.05) is 35.8 Å². The van der Waals surface area contributed by atoms with Crippen molar-refractivity contribution in [3.05, 3.63) is 22.8 Å². The summed E-state index contributed by atoms with van der Waals surface area (Å²) in [6, 6.07) is 2.37. The third kappa shape index (κ3) is 3.31. The average Bonchev–Trinajstić information content (AvgIpc) is 2.53. The predicted octanol–water partition coefficient (Wildman–Crippen LogP) is 1.38. The van der Waals surface area contributed by atoms with E-state index in [1.54, 1.807) is 14.2 Å². The van der Waals surface area contributed by atoms with Gasteiger partial charge in [0.1, 0.15) is 11.5 Å². The molecule has 0 bridgehead atoms. The van der Waals surface area contributed by atoms with E-state index in [1.165, 1.54) is 11.1 Å². The largest absolute Gasteiger partial charge is 0.496 e. The van der Waals surface area contributed by atoms with Crippen molar-refractivity contribution in [2.75, 3.05) is 33.9 Å². The zero-order chi connectivity index (χ0) is 15.2. The molecule has 0 aliphatic carbocycles. The van der Waals surface area contributed by atoms with E-state index in [0.717, 1.165) is 36.4 Å². The summed E-state index contributed by atoms with van der Waals surface area (Å²) in [5.41, 5.74) is 3.57. The highest BCUT2D eigenvalue weighted by Gasteiger charge is 2.27. The highest BCUT2D eigenvalue weighted by molar-refractivity contribution is 5.56. The van der Waals surface area contributed by atoms with Gasteiger partial charge in [0.15, 0.2) is 0 Å². The Balaban J connectivity index is 2.44. The van der Waals surface area contributed by atoms with Crippen LogP contribution in [0.2, 0.25) is 0 Å². The smallest absolute Gasteiger partial charge is 0.127 e. The number of ether oxygens (including phenoxy) is 2. The molecule has 0 saturated heterocycles. The van der Waals surface area contributed by atoms with E-state index in [4.69, 9.17) is 14.6 Å². The van der Waals surface area contributed by atoms with Gasteiger partial charge in [-0.05, 0) is 25.5 Å². The van der Waals surface area contributed by atoms with Gasteiger partial charge in [0.25, 0.3) is 0 Å². The Morgan fingerprint density at radius 1 is 1.38 bits per heavy atom. The lowest BCUT2D eigenvalue weighted by molar-refractivity contribution is 0.291. The molecule has 5 nitrogen and oxygen atoms in total. The van der Waals surface area contributed by atoms with Crippen LogP contribution in [0.15, 0.2) is 6.07 Å². The topological polar surface area (TPSA) is 62.8 Å². The second kappa shape index (κ2) is 7.64. The van der Waals surface area contributed by atoms with E-state index >= 15 is 0 Å². The summed E-state index contributed by atoms with van der Waals surface area (Å²) in [6.07, 6.45) is 1.97. The lowest BCUT2D eigenvalue weighted by Crippen LogP contribution is -2.30. The van der Waals surface area contributed by atoms with Gasteiger partial charge in [-0.15, -0.1) is 0 Å². The van der Waals surface area contributed by atoms with Crippen molar-refractivity contribution in [3.63, 3.8) is 0 Å². The van der Waals surface area contributed by atoms with Gasteiger partial charge in [-0.1, -0.05) is 6.92 Å². The van der Waals surface area contributed by atoms with Gasteiger partial charge in [0.2, 0.25) is 0 Å². The molecule has 0 aromatic heterocycles. The second-order valence-electron chi connectivity index (χ2n) is 5.23. The Morgan fingerprint density at radius 3 is 2.81 bits per heavy atom. The molecule has 0 radical (unpaired) electrons. The van der Waals surface area contributed by atoms with Crippen molar-refractivity contribution in [3.8, 4) is 11.5 Å². The summed E-state index contributed by atoms with van der Waals surface area (Å²) in [7, 11) is 3.44. The van der Waals surface area contributed by atoms with Gasteiger partial charge >= 0.3 is 0 Å². The van der Waals surface area contributed by atoms with Crippen molar-refractivity contribution in [1.29, 1.82) is 0 Å². The number of fused-ring (bicyclic) bond motifs is 1. The Hall–Kier alpha value is -1.30. The number of aliphatic hydroxyl groups excluding tert-OH is 1. The monoisotopic (exact) mass is 294 g/mol. The number of aliphatic hydroxyl groups is 1. The van der Waals surface area contributed by atoms with Gasteiger partial charge in [-0.25, -0.2) is 0 Å². The minimum Gasteiger partial charge on any atom is -0.496 e. The molecule has 1 atom stereocenters. The Labute approximate surface area is 126 Å². The summed E-state index contributed by atoms with van der Waals surface area (Å²) < 4.78 is 11.3. The minimum absolute atomic E-state index is 0.131. The van der Waals surface area contributed by atoms with Crippen LogP contribution in [-0.2, 0) is 13.0 Å². The van der Waals surface area contributed by atoms with E-state index < -0.39 is 0 Å². The number of rotatable bonds is 7. The van der Waals surface area contributed by atoms with Crippen molar-refractivity contribution < 1.29 is 14.6 Å². The maximum atomic E-state index is 8.90. The third-order valence-electron chi connectivity index (χ3n) is 4.01. The van der Waals surface area contributed by atoms with Crippen molar-refractivity contribution in [1.82, 2.24) is 10.6 Å². The van der Waals surface area contributed by atoms with Crippen LogP contribution < -0.4 is 20.1 Å². The molecule has 1 aliphatic heterocycles. The maximum absolute atomic E-state index is 8.90. The zero-order valence-corrected chi connectivity index (χ0v) is 13.2. The Kier molecular flexibility index (Phi) is 5.85. The standard InChI is InChI=1S/C16H26N2O3/c1-4-13-15-12(5-6-18-13)16(21-3)11(9-14(15)20-2)10-17-7-8-19/h9,13,17-19H,4-8,10H2,1-3H3. The van der Waals surface area contributed by atoms with Gasteiger partial charge in [0.05, 0.1) is 20.8 Å². The number of methoxy groups -OCH3 is 2. The summed E-state index contributed by atoms with van der Waals surface area (Å²) in [5, 5.41) is 15.7. The van der Waals surface area contributed by atoms with E-state index in [2.05, 4.69) is 23.6 Å². The summed E-state index contributed by atoms with van der Waals surface area (Å²) in [5.74, 6) is 1.88. The molecule has 1 heterocycles. The first kappa shape index (κ1) is 16.1. The minimum atomic E-state index is 0.131. The van der Waals surface area contributed by atoms with Gasteiger partial charge in [-0.3, -0.25) is 0 Å². The van der Waals surface area contributed by atoms with Crippen LogP contribution in [0.5, 0.6) is 11.5 Å². The van der Waals surface area contributed by atoms with Crippen LogP contribution in [0.3, 0.4) is 0 Å². The molecule has 3 N–H and O–H groups in total. The Bertz CT molecular complexity index is 477. The fourth-order valence-electron chi connectivity index (χ4n) is 3.08. The molecule has 0 spiro atoms. The van der Waals surface area contributed by atoms with Crippen LogP contribution in [0, 0.1) is 0 Å². The molecule has 0 saturated carbocycles. The summed E-state index contributed by atoms with van der Waals surface area (Å²) >= 11 is 0. The highest BCUT2D eigenvalue weighted by atomic mass is 16.5. The van der Waals surface area contributed by atoms with E-state index in [0.29, 0.717) is 19.1 Å². The van der Waals surface area contributed by atoms with Crippen LogP contribution in [0.25, 0.3) is 0 Å². The molecule has 1 aromatic rings. The first-order valence-electron chi connectivity index (χ1n) is 7.58. The second-order valence-corrected chi connectivity index (χ2v) is 5.23. The Morgan fingerprint density at radius 2 is 2.19 bits per heavy atom. The number of nitrogens with one attached hydrogen (secondary N) is 2. The normalized spacial score (nSPS) is 17.4. The molecule has 5 heteroatoms. The predicted molar refractivity (Wildman–Crippen MR) is 83.1 cm³/mol. The SMILES string of the molecule is CCC1NCCc2c(OC)c(CNCCO)cc(OC)c21. The van der Waals surface area contributed by atoms with Crippen molar-refractivity contribution >= 4 is 0 Å². The maximum Gasteiger partial charge on any atom is 0.127 e. The highest BCUT2D eigenvalue weighted by Crippen LogP contribution is 2.41.